The van der Waals surface area contributed by atoms with E-state index in [0.29, 0.717) is 42.1 Å². The van der Waals surface area contributed by atoms with Gasteiger partial charge in [-0.1, -0.05) is 0 Å². The van der Waals surface area contributed by atoms with Crippen LogP contribution in [0.2, 0.25) is 0 Å². The lowest BCUT2D eigenvalue weighted by molar-refractivity contribution is 0.142. The third-order valence-corrected chi connectivity index (χ3v) is 6.17. The van der Waals surface area contributed by atoms with Gasteiger partial charge in [0.25, 0.3) is 0 Å². The smallest absolute Gasteiger partial charge is 0.449 e. The molecule has 7 nitrogen and oxygen atoms in total. The van der Waals surface area contributed by atoms with E-state index in [2.05, 4.69) is 9.72 Å². The van der Waals surface area contributed by atoms with Crippen LogP contribution in [0.5, 0.6) is 5.75 Å². The summed E-state index contributed by atoms with van der Waals surface area (Å²) >= 11 is 0. The number of hydrogen-bond donors (Lipinski definition) is 1. The first-order valence-electron chi connectivity index (χ1n) is 11.1. The van der Waals surface area contributed by atoms with Crippen LogP contribution in [0, 0.1) is 18.6 Å². The normalized spacial score (nSPS) is 11.7. The molecule has 5 aromatic rings. The summed E-state index contributed by atoms with van der Waals surface area (Å²) in [7, 11) is 1.57. The largest absolute Gasteiger partial charge is 0.511 e. The molecule has 2 heterocycles. The maximum Gasteiger partial charge on any atom is 0.511 e. The van der Waals surface area contributed by atoms with Gasteiger partial charge in [-0.2, -0.15) is 0 Å². The van der Waals surface area contributed by atoms with Crippen molar-refractivity contribution in [2.24, 2.45) is 0 Å². The van der Waals surface area contributed by atoms with Crippen LogP contribution < -0.4 is 4.74 Å². The molecule has 0 saturated heterocycles. The Morgan fingerprint density at radius 3 is 2.54 bits per heavy atom. The lowest BCUT2D eigenvalue weighted by Gasteiger charge is -2.10. The number of methoxy groups -OCH3 is 1. The highest BCUT2D eigenvalue weighted by atomic mass is 19.1. The minimum Gasteiger partial charge on any atom is -0.449 e. The second-order valence-electron chi connectivity index (χ2n) is 8.31. The molecule has 0 amide bonds. The van der Waals surface area contributed by atoms with Crippen LogP contribution in [0.1, 0.15) is 12.5 Å². The van der Waals surface area contributed by atoms with Crippen molar-refractivity contribution in [2.75, 3.05) is 13.7 Å². The lowest BCUT2D eigenvalue weighted by Crippen LogP contribution is -2.07. The Kier molecular flexibility index (Phi) is 5.64. The standard InChI is InChI=1S/C26H23F2N3O4/c1-4-30-19-6-5-15(13-16(19)17-11-14(2)12-18(27)24(17)30)25-29-23-20(31(25)9-10-34-3)7-8-21(22(23)28)35-26(32)33/h5-8,11-13H,4,9-10H2,1-3H3,(H,32,33). The SMILES string of the molecule is CCn1c2ccc(-c3nc4c(F)c(OC(=O)O)ccc4n3CCOC)cc2c2cc(C)cc(F)c21. The van der Waals surface area contributed by atoms with E-state index < -0.39 is 17.7 Å². The second kappa shape index (κ2) is 8.66. The van der Waals surface area contributed by atoms with Crippen molar-refractivity contribution >= 4 is 39.0 Å². The first kappa shape index (κ1) is 22.8. The Bertz CT molecular complexity index is 1620. The highest BCUT2D eigenvalue weighted by Crippen LogP contribution is 2.36. The molecule has 0 spiro atoms. The Morgan fingerprint density at radius 1 is 1.06 bits per heavy atom. The van der Waals surface area contributed by atoms with Crippen molar-refractivity contribution in [3.63, 3.8) is 0 Å². The summed E-state index contributed by atoms with van der Waals surface area (Å²) in [6, 6.07) is 12.0. The van der Waals surface area contributed by atoms with E-state index in [0.717, 1.165) is 21.9 Å². The van der Waals surface area contributed by atoms with E-state index in [-0.39, 0.29) is 11.3 Å². The Hall–Kier alpha value is -3.98. The van der Waals surface area contributed by atoms with Crippen molar-refractivity contribution < 1.29 is 28.2 Å². The van der Waals surface area contributed by atoms with E-state index in [4.69, 9.17) is 9.84 Å². The molecule has 0 aliphatic rings. The van der Waals surface area contributed by atoms with Gasteiger partial charge in [-0.15, -0.1) is 0 Å². The van der Waals surface area contributed by atoms with E-state index in [9.17, 15) is 9.18 Å². The minimum absolute atomic E-state index is 0.00664. The van der Waals surface area contributed by atoms with E-state index >= 15 is 4.39 Å². The van der Waals surface area contributed by atoms with Gasteiger partial charge in [0.2, 0.25) is 0 Å². The van der Waals surface area contributed by atoms with Crippen molar-refractivity contribution in [3.05, 3.63) is 59.7 Å². The topological polar surface area (TPSA) is 78.5 Å². The van der Waals surface area contributed by atoms with E-state index in [1.54, 1.807) is 13.2 Å². The second-order valence-corrected chi connectivity index (χ2v) is 8.31. The Balaban J connectivity index is 1.78. The third-order valence-electron chi connectivity index (χ3n) is 6.17. The molecule has 0 radical (unpaired) electrons. The number of benzene rings is 3. The molecule has 35 heavy (non-hydrogen) atoms. The number of imidazole rings is 1. The molecule has 9 heteroatoms. The summed E-state index contributed by atoms with van der Waals surface area (Å²) in [6.07, 6.45) is -1.61. The zero-order valence-electron chi connectivity index (χ0n) is 19.4. The highest BCUT2D eigenvalue weighted by molar-refractivity contribution is 6.09. The summed E-state index contributed by atoms with van der Waals surface area (Å²) in [4.78, 5) is 15.5. The van der Waals surface area contributed by atoms with Crippen LogP contribution >= 0.6 is 0 Å². The first-order chi connectivity index (χ1) is 16.8. The number of nitrogens with zero attached hydrogens (tertiary/aromatic N) is 3. The number of ether oxygens (including phenoxy) is 2. The Morgan fingerprint density at radius 2 is 1.83 bits per heavy atom. The zero-order valence-corrected chi connectivity index (χ0v) is 19.4. The molecule has 2 aromatic heterocycles. The predicted octanol–water partition coefficient (Wildman–Crippen LogP) is 6.12. The molecule has 3 aromatic carbocycles. The quantitative estimate of drug-likeness (QED) is 0.234. The monoisotopic (exact) mass is 479 g/mol. The molecule has 0 aliphatic carbocycles. The summed E-state index contributed by atoms with van der Waals surface area (Å²) in [5.74, 6) is -1.07. The van der Waals surface area contributed by atoms with Crippen LogP contribution in [0.4, 0.5) is 13.6 Å². The average Bonchev–Trinajstić information content (AvgIpc) is 3.35. The molecule has 0 unspecified atom stereocenters. The fraction of sp³-hybridized carbons (Fsp3) is 0.231. The van der Waals surface area contributed by atoms with Gasteiger partial charge in [-0.05, 0) is 61.9 Å². The summed E-state index contributed by atoms with van der Waals surface area (Å²) in [5.41, 5.74) is 3.43. The van der Waals surface area contributed by atoms with Gasteiger partial charge < -0.3 is 23.7 Å². The molecule has 1 N–H and O–H groups in total. The van der Waals surface area contributed by atoms with Crippen LogP contribution in [0.15, 0.2) is 42.5 Å². The number of carboxylic acid groups (broad SMARTS) is 1. The highest BCUT2D eigenvalue weighted by Gasteiger charge is 2.21. The number of hydrogen-bond acceptors (Lipinski definition) is 4. The number of halogens is 2. The van der Waals surface area contributed by atoms with E-state index in [1.165, 1.54) is 12.1 Å². The predicted molar refractivity (Wildman–Crippen MR) is 129 cm³/mol. The van der Waals surface area contributed by atoms with Crippen LogP contribution in [0.3, 0.4) is 0 Å². The molecule has 0 bridgehead atoms. The molecule has 180 valence electrons. The van der Waals surface area contributed by atoms with Crippen LogP contribution in [-0.2, 0) is 17.8 Å². The Labute approximate surface area is 199 Å². The summed E-state index contributed by atoms with van der Waals surface area (Å²) in [5, 5.41) is 10.6. The number of carbonyl (C=O) groups is 1. The maximum atomic E-state index is 15.1. The molecule has 0 aliphatic heterocycles. The lowest BCUT2D eigenvalue weighted by atomic mass is 10.1. The minimum atomic E-state index is -1.61. The van der Waals surface area contributed by atoms with Crippen molar-refractivity contribution in [2.45, 2.75) is 26.9 Å². The van der Waals surface area contributed by atoms with Crippen molar-refractivity contribution in [3.8, 4) is 17.1 Å². The van der Waals surface area contributed by atoms with Gasteiger partial charge in [0.05, 0.1) is 17.6 Å². The molecule has 5 rings (SSSR count). The van der Waals surface area contributed by atoms with Gasteiger partial charge >= 0.3 is 6.16 Å². The fourth-order valence-corrected chi connectivity index (χ4v) is 4.73. The van der Waals surface area contributed by atoms with Crippen LogP contribution in [0.25, 0.3) is 44.2 Å². The maximum absolute atomic E-state index is 15.1. The van der Waals surface area contributed by atoms with Gasteiger partial charge in [0, 0.05) is 42.1 Å². The average molecular weight is 479 g/mol. The zero-order chi connectivity index (χ0) is 24.9. The fourth-order valence-electron chi connectivity index (χ4n) is 4.73. The number of fused-ring (bicyclic) bond motifs is 4. The first-order valence-corrected chi connectivity index (χ1v) is 11.1. The number of rotatable bonds is 6. The van der Waals surface area contributed by atoms with Crippen LogP contribution in [-0.4, -0.2) is 39.1 Å². The third kappa shape index (κ3) is 3.68. The van der Waals surface area contributed by atoms with Crippen molar-refractivity contribution in [1.29, 1.82) is 0 Å². The molecule has 0 saturated carbocycles. The summed E-state index contributed by atoms with van der Waals surface area (Å²) < 4.78 is 43.6. The van der Waals surface area contributed by atoms with Crippen molar-refractivity contribution in [1.82, 2.24) is 14.1 Å². The van der Waals surface area contributed by atoms with E-state index in [1.807, 2.05) is 47.2 Å². The molecule has 0 atom stereocenters. The van der Waals surface area contributed by atoms with Gasteiger partial charge in [0.1, 0.15) is 17.2 Å². The molecular weight excluding hydrogens is 456 g/mol. The molecule has 0 fully saturated rings. The molecular formula is C26H23F2N3O4. The van der Waals surface area contributed by atoms with Gasteiger partial charge in [0.15, 0.2) is 11.6 Å². The van der Waals surface area contributed by atoms with Gasteiger partial charge in [-0.25, -0.2) is 18.6 Å². The number of aromatic nitrogens is 3. The number of aryl methyl sites for hydroxylation is 2. The summed E-state index contributed by atoms with van der Waals surface area (Å²) in [6.45, 7) is 5.17. The van der Waals surface area contributed by atoms with Gasteiger partial charge in [-0.3, -0.25) is 0 Å².